The Hall–Kier alpha value is -1.10. The lowest BCUT2D eigenvalue weighted by atomic mass is 10.1. The van der Waals surface area contributed by atoms with Crippen molar-refractivity contribution in [2.45, 2.75) is 97.3 Å². The second kappa shape index (κ2) is 18.7. The molecule has 0 atom stereocenters. The zero-order valence-electron chi connectivity index (χ0n) is 17.1. The van der Waals surface area contributed by atoms with Crippen LogP contribution in [0.4, 0.5) is 0 Å². The van der Waals surface area contributed by atoms with Crippen molar-refractivity contribution in [3.05, 3.63) is 0 Å². The largest absolute Gasteiger partial charge is 0.481 e. The summed E-state index contributed by atoms with van der Waals surface area (Å²) in [5, 5.41) is 8.91. The van der Waals surface area contributed by atoms with Crippen LogP contribution in [0.1, 0.15) is 97.3 Å². The first-order chi connectivity index (χ1) is 12.6. The van der Waals surface area contributed by atoms with Gasteiger partial charge in [-0.1, -0.05) is 65.2 Å². The van der Waals surface area contributed by atoms with Gasteiger partial charge in [-0.25, -0.2) is 0 Å². The number of unbranched alkanes of at least 4 members (excludes halogenated alkanes) is 8. The Kier molecular flexibility index (Phi) is 17.9. The van der Waals surface area contributed by atoms with Crippen molar-refractivity contribution in [1.29, 1.82) is 0 Å². The molecule has 0 rings (SSSR count). The highest BCUT2D eigenvalue weighted by atomic mass is 16.5. The Morgan fingerprint density at radius 3 is 1.96 bits per heavy atom. The normalized spacial score (nSPS) is 11.0. The van der Waals surface area contributed by atoms with Gasteiger partial charge in [0.2, 0.25) is 0 Å². The average Bonchev–Trinajstić information content (AvgIpc) is 2.61. The molecule has 0 aromatic carbocycles. The third-order valence-electron chi connectivity index (χ3n) is 4.59. The summed E-state index contributed by atoms with van der Waals surface area (Å²) in [7, 11) is 0. The molecular weight excluding hydrogens is 330 g/mol. The van der Waals surface area contributed by atoms with Crippen LogP contribution >= 0.6 is 0 Å². The number of carbonyl (C=O) groups is 2. The molecule has 0 unspecified atom stereocenters. The van der Waals surface area contributed by atoms with E-state index in [4.69, 9.17) is 9.84 Å². The zero-order valence-corrected chi connectivity index (χ0v) is 17.1. The zero-order chi connectivity index (χ0) is 19.5. The van der Waals surface area contributed by atoms with E-state index in [1.807, 2.05) is 0 Å². The average molecular weight is 372 g/mol. The number of esters is 1. The number of carboxylic acids is 1. The van der Waals surface area contributed by atoms with Gasteiger partial charge in [-0.2, -0.15) is 0 Å². The summed E-state index contributed by atoms with van der Waals surface area (Å²) in [5.74, 6) is -0.862. The number of rotatable bonds is 19. The first-order valence-electron chi connectivity index (χ1n) is 10.7. The Labute approximate surface area is 160 Å². The van der Waals surface area contributed by atoms with Crippen molar-refractivity contribution in [1.82, 2.24) is 4.90 Å². The Morgan fingerprint density at radius 2 is 1.31 bits per heavy atom. The van der Waals surface area contributed by atoms with E-state index in [1.54, 1.807) is 0 Å². The maximum atomic E-state index is 11.6. The number of aliphatic carboxylic acids is 1. The van der Waals surface area contributed by atoms with Crippen LogP contribution < -0.4 is 0 Å². The van der Waals surface area contributed by atoms with Gasteiger partial charge in [-0.15, -0.1) is 0 Å². The molecule has 5 heteroatoms. The molecule has 0 bridgehead atoms. The van der Waals surface area contributed by atoms with E-state index in [0.29, 0.717) is 19.6 Å². The van der Waals surface area contributed by atoms with Crippen LogP contribution in [0.15, 0.2) is 0 Å². The smallest absolute Gasteiger partial charge is 0.305 e. The number of carbonyl (C=O) groups excluding carboxylic acids is 1. The van der Waals surface area contributed by atoms with Gasteiger partial charge in [0.25, 0.3) is 0 Å². The van der Waals surface area contributed by atoms with Gasteiger partial charge in [0.1, 0.15) is 0 Å². The van der Waals surface area contributed by atoms with Gasteiger partial charge in [0.15, 0.2) is 0 Å². The van der Waals surface area contributed by atoms with E-state index in [9.17, 15) is 9.59 Å². The maximum Gasteiger partial charge on any atom is 0.305 e. The lowest BCUT2D eigenvalue weighted by Gasteiger charge is -2.21. The van der Waals surface area contributed by atoms with Crippen LogP contribution in [-0.4, -0.2) is 48.2 Å². The van der Waals surface area contributed by atoms with Crippen molar-refractivity contribution in [2.75, 3.05) is 26.2 Å². The van der Waals surface area contributed by atoms with E-state index in [2.05, 4.69) is 18.7 Å². The van der Waals surface area contributed by atoms with E-state index in [-0.39, 0.29) is 12.4 Å². The standard InChI is InChI=1S/C21H41NO4/c1-3-5-7-8-9-10-12-16-22(18-15-20(23)24)17-13-19-26-21(25)14-11-6-4-2/h3-19H2,1-2H3,(H,23,24). The highest BCUT2D eigenvalue weighted by molar-refractivity contribution is 5.69. The molecule has 0 amide bonds. The summed E-state index contributed by atoms with van der Waals surface area (Å²) in [6.07, 6.45) is 13.3. The number of hydrogen-bond acceptors (Lipinski definition) is 4. The van der Waals surface area contributed by atoms with Crippen molar-refractivity contribution in [2.24, 2.45) is 0 Å². The molecule has 0 saturated heterocycles. The third kappa shape index (κ3) is 17.7. The molecule has 0 saturated carbocycles. The van der Waals surface area contributed by atoms with Gasteiger partial charge < -0.3 is 14.7 Å². The third-order valence-corrected chi connectivity index (χ3v) is 4.59. The van der Waals surface area contributed by atoms with Gasteiger partial charge in [-0.3, -0.25) is 9.59 Å². The lowest BCUT2D eigenvalue weighted by Crippen LogP contribution is -2.29. The second-order valence-corrected chi connectivity index (χ2v) is 7.14. The van der Waals surface area contributed by atoms with Crippen molar-refractivity contribution >= 4 is 11.9 Å². The molecule has 26 heavy (non-hydrogen) atoms. The van der Waals surface area contributed by atoms with Gasteiger partial charge in [0, 0.05) is 19.5 Å². The molecule has 0 aliphatic carbocycles. The molecule has 1 N–H and O–H groups in total. The van der Waals surface area contributed by atoms with Gasteiger partial charge >= 0.3 is 11.9 Å². The minimum atomic E-state index is -0.753. The molecule has 5 nitrogen and oxygen atoms in total. The van der Waals surface area contributed by atoms with Crippen LogP contribution in [0.2, 0.25) is 0 Å². The molecule has 0 spiro atoms. The highest BCUT2D eigenvalue weighted by Gasteiger charge is 2.08. The predicted octanol–water partition coefficient (Wildman–Crippen LogP) is 5.03. The molecule has 0 aromatic heterocycles. The molecule has 0 heterocycles. The molecule has 0 fully saturated rings. The molecule has 0 radical (unpaired) electrons. The fourth-order valence-corrected chi connectivity index (χ4v) is 2.95. The number of hydrogen-bond donors (Lipinski definition) is 1. The van der Waals surface area contributed by atoms with Crippen molar-refractivity contribution in [3.63, 3.8) is 0 Å². The molecule has 0 aromatic rings. The maximum absolute atomic E-state index is 11.6. The van der Waals surface area contributed by atoms with Crippen LogP contribution in [0.5, 0.6) is 0 Å². The van der Waals surface area contributed by atoms with E-state index in [0.717, 1.165) is 45.2 Å². The highest BCUT2D eigenvalue weighted by Crippen LogP contribution is 2.08. The molecule has 0 aliphatic rings. The second-order valence-electron chi connectivity index (χ2n) is 7.14. The summed E-state index contributed by atoms with van der Waals surface area (Å²) in [4.78, 5) is 24.6. The summed E-state index contributed by atoms with van der Waals surface area (Å²) in [5.41, 5.74) is 0. The Balaban J connectivity index is 3.84. The fourth-order valence-electron chi connectivity index (χ4n) is 2.95. The van der Waals surface area contributed by atoms with E-state index >= 15 is 0 Å². The monoisotopic (exact) mass is 371 g/mol. The van der Waals surface area contributed by atoms with E-state index in [1.165, 1.54) is 38.5 Å². The lowest BCUT2D eigenvalue weighted by molar-refractivity contribution is -0.144. The minimum Gasteiger partial charge on any atom is -0.481 e. The minimum absolute atomic E-state index is 0.109. The molecule has 0 aliphatic heterocycles. The predicted molar refractivity (Wildman–Crippen MR) is 106 cm³/mol. The summed E-state index contributed by atoms with van der Waals surface area (Å²) in [6.45, 7) is 7.09. The number of nitrogens with zero attached hydrogens (tertiary/aromatic N) is 1. The Morgan fingerprint density at radius 1 is 0.731 bits per heavy atom. The van der Waals surface area contributed by atoms with Crippen LogP contribution in [0.3, 0.4) is 0 Å². The van der Waals surface area contributed by atoms with Crippen molar-refractivity contribution in [3.8, 4) is 0 Å². The first kappa shape index (κ1) is 24.9. The van der Waals surface area contributed by atoms with Gasteiger partial charge in [0.05, 0.1) is 13.0 Å². The first-order valence-corrected chi connectivity index (χ1v) is 10.7. The summed E-state index contributed by atoms with van der Waals surface area (Å²) >= 11 is 0. The topological polar surface area (TPSA) is 66.8 Å². The van der Waals surface area contributed by atoms with Gasteiger partial charge in [-0.05, 0) is 25.8 Å². The van der Waals surface area contributed by atoms with Crippen LogP contribution in [0, 0.1) is 0 Å². The molecular formula is C21H41NO4. The van der Waals surface area contributed by atoms with E-state index < -0.39 is 5.97 Å². The SMILES string of the molecule is CCCCCCCCCN(CCCOC(=O)CCCCC)CCC(=O)O. The summed E-state index contributed by atoms with van der Waals surface area (Å²) in [6, 6.07) is 0. The summed E-state index contributed by atoms with van der Waals surface area (Å²) < 4.78 is 5.26. The van der Waals surface area contributed by atoms with Crippen molar-refractivity contribution < 1.29 is 19.4 Å². The molecule has 154 valence electrons. The quantitative estimate of drug-likeness (QED) is 0.255. The Bertz CT molecular complexity index is 347. The fraction of sp³-hybridized carbons (Fsp3) is 0.905. The van der Waals surface area contributed by atoms with Crippen LogP contribution in [-0.2, 0) is 14.3 Å². The van der Waals surface area contributed by atoms with Crippen LogP contribution in [0.25, 0.3) is 0 Å². The number of carboxylic acid groups (broad SMARTS) is 1. The number of ether oxygens (including phenoxy) is 1.